The SMILES string of the molecule is CCN(Cc1cccs1)C(=O)c1cc(C2CC2)nc2c1cnn2C(C)C. The fourth-order valence-corrected chi connectivity index (χ4v) is 3.99. The molecule has 5 nitrogen and oxygen atoms in total. The van der Waals surface area contributed by atoms with Gasteiger partial charge in [0.25, 0.3) is 5.91 Å². The summed E-state index contributed by atoms with van der Waals surface area (Å²) in [5, 5.41) is 7.42. The van der Waals surface area contributed by atoms with E-state index < -0.39 is 0 Å². The van der Waals surface area contributed by atoms with Gasteiger partial charge in [-0.25, -0.2) is 9.67 Å². The van der Waals surface area contributed by atoms with Crippen molar-refractivity contribution >= 4 is 28.3 Å². The zero-order valence-electron chi connectivity index (χ0n) is 15.5. The molecular formula is C20H24N4OS. The summed E-state index contributed by atoms with van der Waals surface area (Å²) in [6.45, 7) is 7.54. The van der Waals surface area contributed by atoms with E-state index >= 15 is 0 Å². The summed E-state index contributed by atoms with van der Waals surface area (Å²) in [5.41, 5.74) is 2.61. The van der Waals surface area contributed by atoms with E-state index in [0.29, 0.717) is 19.0 Å². The van der Waals surface area contributed by atoms with Crippen LogP contribution in [0, 0.1) is 0 Å². The van der Waals surface area contributed by atoms with Gasteiger partial charge in [0.15, 0.2) is 5.65 Å². The van der Waals surface area contributed by atoms with Crippen molar-refractivity contribution in [3.63, 3.8) is 0 Å². The van der Waals surface area contributed by atoms with E-state index in [-0.39, 0.29) is 11.9 Å². The van der Waals surface area contributed by atoms with E-state index in [1.807, 2.05) is 28.6 Å². The smallest absolute Gasteiger partial charge is 0.255 e. The molecule has 3 heterocycles. The van der Waals surface area contributed by atoms with E-state index in [4.69, 9.17) is 4.98 Å². The Morgan fingerprint density at radius 2 is 2.23 bits per heavy atom. The van der Waals surface area contributed by atoms with Crippen molar-refractivity contribution < 1.29 is 4.79 Å². The Balaban J connectivity index is 1.77. The van der Waals surface area contributed by atoms with Crippen LogP contribution in [0.5, 0.6) is 0 Å². The van der Waals surface area contributed by atoms with E-state index in [9.17, 15) is 4.79 Å². The van der Waals surface area contributed by atoms with Gasteiger partial charge in [-0.15, -0.1) is 11.3 Å². The molecule has 0 spiro atoms. The van der Waals surface area contributed by atoms with Gasteiger partial charge >= 0.3 is 0 Å². The molecule has 1 saturated carbocycles. The van der Waals surface area contributed by atoms with Gasteiger partial charge in [0.1, 0.15) is 0 Å². The molecule has 0 unspecified atom stereocenters. The molecule has 1 aliphatic rings. The average molecular weight is 369 g/mol. The summed E-state index contributed by atoms with van der Waals surface area (Å²) in [6, 6.07) is 6.33. The third kappa shape index (κ3) is 3.14. The zero-order chi connectivity index (χ0) is 18.3. The molecule has 1 fully saturated rings. The van der Waals surface area contributed by atoms with Crippen LogP contribution in [-0.2, 0) is 6.54 Å². The molecule has 1 amide bonds. The number of thiophene rings is 1. The van der Waals surface area contributed by atoms with E-state index in [0.717, 1.165) is 35.1 Å². The molecule has 3 aromatic rings. The van der Waals surface area contributed by atoms with Gasteiger partial charge in [-0.05, 0) is 51.1 Å². The Labute approximate surface area is 157 Å². The molecule has 3 aromatic heterocycles. The van der Waals surface area contributed by atoms with Gasteiger partial charge < -0.3 is 4.90 Å². The molecule has 0 atom stereocenters. The molecular weight excluding hydrogens is 344 g/mol. The molecule has 6 heteroatoms. The maximum atomic E-state index is 13.4. The lowest BCUT2D eigenvalue weighted by Crippen LogP contribution is -2.30. The molecule has 0 radical (unpaired) electrons. The minimum atomic E-state index is 0.0681. The van der Waals surface area contributed by atoms with Crippen molar-refractivity contribution in [2.45, 2.75) is 52.1 Å². The first kappa shape index (κ1) is 17.2. The predicted molar refractivity (Wildman–Crippen MR) is 105 cm³/mol. The summed E-state index contributed by atoms with van der Waals surface area (Å²) in [7, 11) is 0. The van der Waals surface area contributed by atoms with Crippen LogP contribution in [0.3, 0.4) is 0 Å². The highest BCUT2D eigenvalue weighted by atomic mass is 32.1. The van der Waals surface area contributed by atoms with Crippen LogP contribution in [0.25, 0.3) is 11.0 Å². The van der Waals surface area contributed by atoms with E-state index in [2.05, 4.69) is 30.4 Å². The highest BCUT2D eigenvalue weighted by Crippen LogP contribution is 2.40. The quantitative estimate of drug-likeness (QED) is 0.638. The normalized spacial score (nSPS) is 14.3. The zero-order valence-corrected chi connectivity index (χ0v) is 16.3. The van der Waals surface area contributed by atoms with Crippen LogP contribution in [0.4, 0.5) is 0 Å². The number of amides is 1. The maximum Gasteiger partial charge on any atom is 0.255 e. The van der Waals surface area contributed by atoms with Gasteiger partial charge in [-0.2, -0.15) is 5.10 Å². The summed E-state index contributed by atoms with van der Waals surface area (Å²) < 4.78 is 1.92. The van der Waals surface area contributed by atoms with E-state index in [1.54, 1.807) is 17.5 Å². The van der Waals surface area contributed by atoms with Crippen LogP contribution in [0.1, 0.15) is 66.5 Å². The second-order valence-corrected chi connectivity index (χ2v) is 8.22. The van der Waals surface area contributed by atoms with Crippen LogP contribution < -0.4 is 0 Å². The fraction of sp³-hybridized carbons (Fsp3) is 0.450. The number of carbonyl (C=O) groups is 1. The van der Waals surface area contributed by atoms with Crippen molar-refractivity contribution in [1.82, 2.24) is 19.7 Å². The molecule has 1 aliphatic carbocycles. The van der Waals surface area contributed by atoms with Gasteiger partial charge in [0.2, 0.25) is 0 Å². The Morgan fingerprint density at radius 1 is 1.42 bits per heavy atom. The fourth-order valence-electron chi connectivity index (χ4n) is 3.27. The number of pyridine rings is 1. The number of aromatic nitrogens is 3. The first-order valence-corrected chi connectivity index (χ1v) is 10.2. The first-order chi connectivity index (χ1) is 12.6. The molecule has 0 N–H and O–H groups in total. The summed E-state index contributed by atoms with van der Waals surface area (Å²) >= 11 is 1.69. The maximum absolute atomic E-state index is 13.4. The summed E-state index contributed by atoms with van der Waals surface area (Å²) in [4.78, 5) is 21.3. The predicted octanol–water partition coefficient (Wildman–Crippen LogP) is 4.61. The number of rotatable bonds is 6. The Bertz CT molecular complexity index is 925. The van der Waals surface area contributed by atoms with Gasteiger partial charge in [-0.3, -0.25) is 4.79 Å². The van der Waals surface area contributed by atoms with Crippen molar-refractivity contribution in [2.75, 3.05) is 6.54 Å². The molecule has 26 heavy (non-hydrogen) atoms. The summed E-state index contributed by atoms with van der Waals surface area (Å²) in [5.74, 6) is 0.562. The lowest BCUT2D eigenvalue weighted by molar-refractivity contribution is 0.0756. The van der Waals surface area contributed by atoms with Crippen LogP contribution in [0.15, 0.2) is 29.8 Å². The minimum Gasteiger partial charge on any atom is -0.334 e. The molecule has 0 aliphatic heterocycles. The van der Waals surface area contributed by atoms with Gasteiger partial charge in [-0.1, -0.05) is 6.07 Å². The highest BCUT2D eigenvalue weighted by molar-refractivity contribution is 7.09. The molecule has 0 bridgehead atoms. The second-order valence-electron chi connectivity index (χ2n) is 7.19. The van der Waals surface area contributed by atoms with Crippen molar-refractivity contribution in [3.8, 4) is 0 Å². The Morgan fingerprint density at radius 3 is 2.85 bits per heavy atom. The highest BCUT2D eigenvalue weighted by Gasteiger charge is 2.29. The minimum absolute atomic E-state index is 0.0681. The van der Waals surface area contributed by atoms with Crippen LogP contribution in [-0.4, -0.2) is 32.1 Å². The second kappa shape index (κ2) is 6.83. The Kier molecular flexibility index (Phi) is 4.53. The van der Waals surface area contributed by atoms with Gasteiger partial charge in [0.05, 0.1) is 23.7 Å². The van der Waals surface area contributed by atoms with E-state index in [1.165, 1.54) is 4.88 Å². The standard InChI is InChI=1S/C20H24N4OS/c1-4-23(12-15-6-5-9-26-15)20(25)16-10-18(14-7-8-14)22-19-17(16)11-21-24(19)13(2)3/h5-6,9-11,13-14H,4,7-8,12H2,1-3H3. The number of hydrogen-bond acceptors (Lipinski definition) is 4. The number of hydrogen-bond donors (Lipinski definition) is 0. The summed E-state index contributed by atoms with van der Waals surface area (Å²) in [6.07, 6.45) is 4.12. The lowest BCUT2D eigenvalue weighted by Gasteiger charge is -2.21. The first-order valence-electron chi connectivity index (χ1n) is 9.28. The van der Waals surface area contributed by atoms with Crippen molar-refractivity contribution in [3.05, 3.63) is 45.9 Å². The molecule has 0 aromatic carbocycles. The topological polar surface area (TPSA) is 51.0 Å². The molecule has 0 saturated heterocycles. The monoisotopic (exact) mass is 368 g/mol. The Hall–Kier alpha value is -2.21. The lowest BCUT2D eigenvalue weighted by atomic mass is 10.1. The number of carbonyl (C=O) groups excluding carboxylic acids is 1. The third-order valence-electron chi connectivity index (χ3n) is 4.90. The molecule has 136 valence electrons. The van der Waals surface area contributed by atoms with Crippen LogP contribution >= 0.6 is 11.3 Å². The van der Waals surface area contributed by atoms with Crippen LogP contribution in [0.2, 0.25) is 0 Å². The largest absolute Gasteiger partial charge is 0.334 e. The average Bonchev–Trinajstić information content (AvgIpc) is 3.18. The van der Waals surface area contributed by atoms with Gasteiger partial charge in [0, 0.05) is 29.1 Å². The van der Waals surface area contributed by atoms with Crippen molar-refractivity contribution in [1.29, 1.82) is 0 Å². The number of nitrogens with zero attached hydrogens (tertiary/aromatic N) is 4. The number of fused-ring (bicyclic) bond motifs is 1. The molecule has 4 rings (SSSR count). The van der Waals surface area contributed by atoms with Crippen molar-refractivity contribution in [2.24, 2.45) is 0 Å². The third-order valence-corrected chi connectivity index (χ3v) is 5.76.